The predicted molar refractivity (Wildman–Crippen MR) is 98.6 cm³/mol. The third-order valence-electron chi connectivity index (χ3n) is 4.55. The minimum Gasteiger partial charge on any atom is -0.433 e. The van der Waals surface area contributed by atoms with Crippen LogP contribution in [0.3, 0.4) is 0 Å². The normalized spacial score (nSPS) is 17.8. The SMILES string of the molecule is NC[C@@H](NC(=O)C1CC1)C(=O)Nc1ccc(N2CCOCC2=O)cc1OC(F)F. The van der Waals surface area contributed by atoms with Gasteiger partial charge in [0.1, 0.15) is 12.6 Å². The van der Waals surface area contributed by atoms with E-state index in [1.165, 1.54) is 23.1 Å². The molecule has 1 aromatic rings. The molecule has 0 bridgehead atoms. The Morgan fingerprint density at radius 3 is 2.72 bits per heavy atom. The summed E-state index contributed by atoms with van der Waals surface area (Å²) in [4.78, 5) is 37.7. The number of carbonyl (C=O) groups is 3. The highest BCUT2D eigenvalue weighted by Crippen LogP contribution is 2.32. The number of nitrogens with two attached hydrogens (primary N) is 1. The summed E-state index contributed by atoms with van der Waals surface area (Å²) >= 11 is 0. The van der Waals surface area contributed by atoms with Gasteiger partial charge in [0.15, 0.2) is 5.75 Å². The van der Waals surface area contributed by atoms with Crippen LogP contribution in [0.15, 0.2) is 18.2 Å². The summed E-state index contributed by atoms with van der Waals surface area (Å²) in [6.45, 7) is -2.82. The van der Waals surface area contributed by atoms with Crippen LogP contribution in [-0.2, 0) is 19.1 Å². The Morgan fingerprint density at radius 1 is 1.34 bits per heavy atom. The van der Waals surface area contributed by atoms with Gasteiger partial charge in [-0.25, -0.2) is 0 Å². The van der Waals surface area contributed by atoms with Crippen LogP contribution in [0.5, 0.6) is 5.75 Å². The van der Waals surface area contributed by atoms with Crippen LogP contribution in [-0.4, -0.2) is 56.7 Å². The molecule has 1 heterocycles. The van der Waals surface area contributed by atoms with Crippen molar-refractivity contribution in [3.63, 3.8) is 0 Å². The van der Waals surface area contributed by atoms with E-state index in [1.807, 2.05) is 0 Å². The molecule has 0 aromatic heterocycles. The number of ether oxygens (including phenoxy) is 2. The molecule has 11 heteroatoms. The van der Waals surface area contributed by atoms with Gasteiger partial charge in [-0.15, -0.1) is 0 Å². The molecular formula is C18H22F2N4O5. The summed E-state index contributed by atoms with van der Waals surface area (Å²) in [6, 6.07) is 3.08. The van der Waals surface area contributed by atoms with Crippen molar-refractivity contribution in [2.45, 2.75) is 25.5 Å². The molecule has 2 fully saturated rings. The molecule has 0 unspecified atom stereocenters. The molecule has 1 atom stereocenters. The molecule has 4 N–H and O–H groups in total. The lowest BCUT2D eigenvalue weighted by atomic mass is 10.2. The molecule has 0 spiro atoms. The van der Waals surface area contributed by atoms with Gasteiger partial charge in [-0.05, 0) is 25.0 Å². The maximum atomic E-state index is 12.9. The zero-order valence-corrected chi connectivity index (χ0v) is 15.5. The third-order valence-corrected chi connectivity index (χ3v) is 4.55. The van der Waals surface area contributed by atoms with Gasteiger partial charge in [-0.1, -0.05) is 0 Å². The molecule has 158 valence electrons. The molecule has 3 amide bonds. The number of anilines is 2. The van der Waals surface area contributed by atoms with Gasteiger partial charge in [0, 0.05) is 30.8 Å². The first-order valence-electron chi connectivity index (χ1n) is 9.17. The van der Waals surface area contributed by atoms with E-state index in [1.54, 1.807) is 0 Å². The summed E-state index contributed by atoms with van der Waals surface area (Å²) in [7, 11) is 0. The number of halogens is 2. The number of morpholine rings is 1. The number of nitrogens with one attached hydrogen (secondary N) is 2. The number of carbonyl (C=O) groups excluding carboxylic acids is 3. The van der Waals surface area contributed by atoms with Crippen molar-refractivity contribution in [1.29, 1.82) is 0 Å². The zero-order valence-electron chi connectivity index (χ0n) is 15.5. The number of nitrogens with zero attached hydrogens (tertiary/aromatic N) is 1. The van der Waals surface area contributed by atoms with Gasteiger partial charge in [0.2, 0.25) is 11.8 Å². The number of hydrogen-bond acceptors (Lipinski definition) is 6. The predicted octanol–water partition coefficient (Wildman–Crippen LogP) is 0.443. The summed E-state index contributed by atoms with van der Waals surface area (Å²) in [5.41, 5.74) is 5.88. The fraction of sp³-hybridized carbons (Fsp3) is 0.500. The Hall–Kier alpha value is -2.79. The number of amides is 3. The number of alkyl halides is 2. The monoisotopic (exact) mass is 412 g/mol. The second-order valence-corrected chi connectivity index (χ2v) is 6.72. The fourth-order valence-corrected chi connectivity index (χ4v) is 2.85. The van der Waals surface area contributed by atoms with Gasteiger partial charge in [0.05, 0.1) is 12.3 Å². The van der Waals surface area contributed by atoms with Gasteiger partial charge < -0.3 is 30.7 Å². The van der Waals surface area contributed by atoms with Crippen molar-refractivity contribution < 1.29 is 32.6 Å². The lowest BCUT2D eigenvalue weighted by Crippen LogP contribution is -2.48. The number of rotatable bonds is 8. The summed E-state index contributed by atoms with van der Waals surface area (Å²) in [5, 5.41) is 5.00. The van der Waals surface area contributed by atoms with Gasteiger partial charge in [-0.2, -0.15) is 8.78 Å². The molecule has 29 heavy (non-hydrogen) atoms. The van der Waals surface area contributed by atoms with Crippen molar-refractivity contribution in [2.24, 2.45) is 11.7 Å². The first-order chi connectivity index (χ1) is 13.9. The van der Waals surface area contributed by atoms with E-state index in [0.29, 0.717) is 12.3 Å². The quantitative estimate of drug-likeness (QED) is 0.570. The minimum atomic E-state index is -3.14. The molecule has 1 saturated carbocycles. The Balaban J connectivity index is 1.76. The molecule has 0 radical (unpaired) electrons. The molecule has 2 aliphatic rings. The largest absolute Gasteiger partial charge is 0.433 e. The summed E-state index contributed by atoms with van der Waals surface area (Å²) in [5.74, 6) is -1.66. The topological polar surface area (TPSA) is 123 Å². The van der Waals surface area contributed by atoms with E-state index >= 15 is 0 Å². The fourth-order valence-electron chi connectivity index (χ4n) is 2.85. The van der Waals surface area contributed by atoms with Crippen LogP contribution in [0, 0.1) is 5.92 Å². The van der Waals surface area contributed by atoms with Gasteiger partial charge in [0.25, 0.3) is 5.91 Å². The minimum absolute atomic E-state index is 0.0288. The van der Waals surface area contributed by atoms with Crippen molar-refractivity contribution >= 4 is 29.1 Å². The highest BCUT2D eigenvalue weighted by atomic mass is 19.3. The van der Waals surface area contributed by atoms with Crippen molar-refractivity contribution in [3.8, 4) is 5.75 Å². The van der Waals surface area contributed by atoms with Crippen molar-refractivity contribution in [3.05, 3.63) is 18.2 Å². The standard InChI is InChI=1S/C18H22F2N4O5/c19-18(20)29-14-7-11(24-5-6-28-9-15(24)25)3-4-12(14)22-17(27)13(8-21)23-16(26)10-1-2-10/h3-4,7,10,13,18H,1-2,5-6,8-9,21H2,(H,22,27)(H,23,26)/t13-/m1/s1. The lowest BCUT2D eigenvalue weighted by Gasteiger charge is -2.27. The van der Waals surface area contributed by atoms with Crippen LogP contribution in [0.4, 0.5) is 20.2 Å². The third kappa shape index (κ3) is 5.39. The van der Waals surface area contributed by atoms with E-state index in [9.17, 15) is 23.2 Å². The average Bonchev–Trinajstić information content (AvgIpc) is 3.52. The van der Waals surface area contributed by atoms with Crippen LogP contribution < -0.4 is 26.0 Å². The van der Waals surface area contributed by atoms with E-state index < -0.39 is 18.6 Å². The molecule has 1 saturated heterocycles. The maximum absolute atomic E-state index is 12.9. The van der Waals surface area contributed by atoms with E-state index in [0.717, 1.165) is 12.8 Å². The van der Waals surface area contributed by atoms with E-state index in [4.69, 9.17) is 10.5 Å². The van der Waals surface area contributed by atoms with Crippen LogP contribution in [0.25, 0.3) is 0 Å². The molecular weight excluding hydrogens is 390 g/mol. The highest BCUT2D eigenvalue weighted by molar-refractivity contribution is 6.00. The van der Waals surface area contributed by atoms with Crippen LogP contribution in [0.2, 0.25) is 0 Å². The van der Waals surface area contributed by atoms with Gasteiger partial charge in [-0.3, -0.25) is 14.4 Å². The van der Waals surface area contributed by atoms with Crippen LogP contribution in [0.1, 0.15) is 12.8 Å². The first kappa shape index (κ1) is 20.9. The Morgan fingerprint density at radius 2 is 2.10 bits per heavy atom. The first-order valence-corrected chi connectivity index (χ1v) is 9.17. The highest BCUT2D eigenvalue weighted by Gasteiger charge is 2.32. The number of hydrogen-bond donors (Lipinski definition) is 3. The average molecular weight is 412 g/mol. The summed E-state index contributed by atoms with van der Waals surface area (Å²) < 4.78 is 35.3. The van der Waals surface area contributed by atoms with Crippen molar-refractivity contribution in [2.75, 3.05) is 36.5 Å². The second-order valence-electron chi connectivity index (χ2n) is 6.72. The Kier molecular flexibility index (Phi) is 6.60. The van der Waals surface area contributed by atoms with Gasteiger partial charge >= 0.3 is 6.61 Å². The van der Waals surface area contributed by atoms with E-state index in [-0.39, 0.29) is 48.9 Å². The molecule has 9 nitrogen and oxygen atoms in total. The zero-order chi connectivity index (χ0) is 21.0. The summed E-state index contributed by atoms with van der Waals surface area (Å²) in [6.07, 6.45) is 1.53. The Labute approximate surface area is 165 Å². The number of benzene rings is 1. The molecule has 1 aliphatic carbocycles. The maximum Gasteiger partial charge on any atom is 0.387 e. The second kappa shape index (κ2) is 9.14. The van der Waals surface area contributed by atoms with Crippen LogP contribution >= 0.6 is 0 Å². The molecule has 1 aliphatic heterocycles. The van der Waals surface area contributed by atoms with Crippen molar-refractivity contribution in [1.82, 2.24) is 5.32 Å². The lowest BCUT2D eigenvalue weighted by molar-refractivity contribution is -0.127. The smallest absolute Gasteiger partial charge is 0.387 e. The Bertz CT molecular complexity index is 788. The molecule has 1 aromatic carbocycles. The molecule has 3 rings (SSSR count). The van der Waals surface area contributed by atoms with E-state index in [2.05, 4.69) is 15.4 Å².